The van der Waals surface area contributed by atoms with Gasteiger partial charge in [-0.25, -0.2) is 0 Å². The summed E-state index contributed by atoms with van der Waals surface area (Å²) >= 11 is 0. The number of ether oxygens (including phenoxy) is 1. The second-order valence-electron chi connectivity index (χ2n) is 7.64. The summed E-state index contributed by atoms with van der Waals surface area (Å²) in [5.74, 6) is 0.359. The minimum Gasteiger partial charge on any atom is -0.462 e. The van der Waals surface area contributed by atoms with Gasteiger partial charge in [-0.15, -0.1) is 0 Å². The minimum atomic E-state index is -0.00289. The Kier molecular flexibility index (Phi) is 3.88. The van der Waals surface area contributed by atoms with E-state index in [1.807, 2.05) is 0 Å². The lowest BCUT2D eigenvalue weighted by Gasteiger charge is -2.24. The number of hydrogen-bond acceptors (Lipinski definition) is 2. The Labute approximate surface area is 133 Å². The van der Waals surface area contributed by atoms with E-state index in [2.05, 4.69) is 58.0 Å². The van der Waals surface area contributed by atoms with Crippen molar-refractivity contribution in [3.8, 4) is 0 Å². The van der Waals surface area contributed by atoms with Gasteiger partial charge in [0.1, 0.15) is 6.10 Å². The van der Waals surface area contributed by atoms with Crippen LogP contribution < -0.4 is 0 Å². The van der Waals surface area contributed by atoms with Gasteiger partial charge in [-0.1, -0.05) is 49.8 Å². The van der Waals surface area contributed by atoms with Crippen LogP contribution in [0.15, 0.2) is 35.9 Å². The second-order valence-corrected chi connectivity index (χ2v) is 7.64. The van der Waals surface area contributed by atoms with Crippen LogP contribution in [0.2, 0.25) is 0 Å². The van der Waals surface area contributed by atoms with Crippen molar-refractivity contribution in [1.29, 1.82) is 0 Å². The number of carbonyl (C=O) groups is 1. The molecular formula is C20H26O2. The van der Waals surface area contributed by atoms with Crippen LogP contribution in [0, 0.1) is 17.3 Å². The molecular weight excluding hydrogens is 272 g/mol. The first-order chi connectivity index (χ1) is 10.4. The number of aryl methyl sites for hydroxylation is 1. The first-order valence-electron chi connectivity index (χ1n) is 8.32. The van der Waals surface area contributed by atoms with Gasteiger partial charge in [0, 0.05) is 6.42 Å². The largest absolute Gasteiger partial charge is 0.462 e. The van der Waals surface area contributed by atoms with Crippen LogP contribution in [0.3, 0.4) is 0 Å². The van der Waals surface area contributed by atoms with Gasteiger partial charge in [0.15, 0.2) is 0 Å². The smallest absolute Gasteiger partial charge is 0.310 e. The molecule has 0 amide bonds. The lowest BCUT2D eigenvalue weighted by Crippen LogP contribution is -2.27. The molecule has 0 heterocycles. The first-order valence-corrected chi connectivity index (χ1v) is 8.32. The highest BCUT2D eigenvalue weighted by molar-refractivity contribution is 5.78. The Bertz CT molecular complexity index is 608. The molecule has 0 bridgehead atoms. The van der Waals surface area contributed by atoms with Crippen LogP contribution >= 0.6 is 0 Å². The molecule has 0 radical (unpaired) electrons. The van der Waals surface area contributed by atoms with E-state index in [0.29, 0.717) is 5.92 Å². The highest BCUT2D eigenvalue weighted by atomic mass is 16.5. The standard InChI is InChI=1S/C20H26O2/c1-13(2)11-17-18(20(17,3)4)19(21)22-16-10-9-14-7-5-6-8-15(14)12-16/h5-8,11,16-18H,9-10,12H2,1-4H3. The van der Waals surface area contributed by atoms with Gasteiger partial charge in [0.05, 0.1) is 5.92 Å². The van der Waals surface area contributed by atoms with Crippen molar-refractivity contribution in [3.63, 3.8) is 0 Å². The third-order valence-corrected chi connectivity index (χ3v) is 5.26. The normalized spacial score (nSPS) is 28.5. The number of benzene rings is 1. The number of allylic oxidation sites excluding steroid dienone is 2. The molecule has 1 aromatic rings. The van der Waals surface area contributed by atoms with Crippen molar-refractivity contribution < 1.29 is 9.53 Å². The van der Waals surface area contributed by atoms with Crippen molar-refractivity contribution in [3.05, 3.63) is 47.0 Å². The number of hydrogen-bond donors (Lipinski definition) is 0. The molecule has 1 fully saturated rings. The van der Waals surface area contributed by atoms with Crippen LogP contribution in [-0.4, -0.2) is 12.1 Å². The van der Waals surface area contributed by atoms with Gasteiger partial charge in [0.25, 0.3) is 0 Å². The zero-order valence-electron chi connectivity index (χ0n) is 14.1. The topological polar surface area (TPSA) is 26.3 Å². The molecule has 2 aliphatic rings. The lowest BCUT2D eigenvalue weighted by molar-refractivity contribution is -0.152. The molecule has 1 saturated carbocycles. The van der Waals surface area contributed by atoms with Crippen LogP contribution in [0.25, 0.3) is 0 Å². The molecule has 0 N–H and O–H groups in total. The SMILES string of the molecule is CC(C)=CC1C(C(=O)OC2CCc3ccccc3C2)C1(C)C. The third-order valence-electron chi connectivity index (χ3n) is 5.26. The molecule has 3 rings (SSSR count). The minimum absolute atomic E-state index is 0.00289. The summed E-state index contributed by atoms with van der Waals surface area (Å²) in [6.45, 7) is 8.52. The Balaban J connectivity index is 1.63. The maximum atomic E-state index is 12.5. The van der Waals surface area contributed by atoms with Crippen molar-refractivity contribution >= 4 is 5.97 Å². The van der Waals surface area contributed by atoms with Crippen LogP contribution in [0.4, 0.5) is 0 Å². The van der Waals surface area contributed by atoms with Gasteiger partial charge in [-0.3, -0.25) is 4.79 Å². The molecule has 3 atom stereocenters. The van der Waals surface area contributed by atoms with E-state index in [9.17, 15) is 4.79 Å². The molecule has 2 nitrogen and oxygen atoms in total. The molecule has 3 unspecified atom stereocenters. The fourth-order valence-electron chi connectivity index (χ4n) is 3.80. The monoisotopic (exact) mass is 298 g/mol. The lowest BCUT2D eigenvalue weighted by atomic mass is 9.90. The Morgan fingerprint density at radius 1 is 1.23 bits per heavy atom. The summed E-state index contributed by atoms with van der Waals surface area (Å²) in [6, 6.07) is 8.49. The summed E-state index contributed by atoms with van der Waals surface area (Å²) in [5.41, 5.74) is 4.06. The number of carbonyl (C=O) groups excluding carboxylic acids is 1. The molecule has 118 valence electrons. The quantitative estimate of drug-likeness (QED) is 0.613. The zero-order chi connectivity index (χ0) is 15.9. The Hall–Kier alpha value is -1.57. The fourth-order valence-corrected chi connectivity index (χ4v) is 3.80. The Morgan fingerprint density at radius 3 is 2.59 bits per heavy atom. The number of rotatable bonds is 3. The van der Waals surface area contributed by atoms with E-state index in [0.717, 1.165) is 19.3 Å². The van der Waals surface area contributed by atoms with E-state index < -0.39 is 0 Å². The van der Waals surface area contributed by atoms with Crippen LogP contribution in [0.1, 0.15) is 45.2 Å². The van der Waals surface area contributed by atoms with E-state index >= 15 is 0 Å². The fraction of sp³-hybridized carbons (Fsp3) is 0.550. The van der Waals surface area contributed by atoms with Crippen molar-refractivity contribution in [2.24, 2.45) is 17.3 Å². The second kappa shape index (κ2) is 5.57. The number of esters is 1. The highest BCUT2D eigenvalue weighted by Gasteiger charge is 2.61. The summed E-state index contributed by atoms with van der Waals surface area (Å²) in [4.78, 5) is 12.5. The maximum Gasteiger partial charge on any atom is 0.310 e. The predicted octanol–water partition coefficient (Wildman–Crippen LogP) is 4.33. The molecule has 1 aromatic carbocycles. The van der Waals surface area contributed by atoms with Gasteiger partial charge in [0.2, 0.25) is 0 Å². The molecule has 2 aliphatic carbocycles. The first kappa shape index (κ1) is 15.3. The van der Waals surface area contributed by atoms with Gasteiger partial charge >= 0.3 is 5.97 Å². The molecule has 2 heteroatoms. The molecule has 0 spiro atoms. The van der Waals surface area contributed by atoms with Crippen LogP contribution in [-0.2, 0) is 22.4 Å². The van der Waals surface area contributed by atoms with Crippen LogP contribution in [0.5, 0.6) is 0 Å². The predicted molar refractivity (Wildman–Crippen MR) is 88.5 cm³/mol. The van der Waals surface area contributed by atoms with Gasteiger partial charge < -0.3 is 4.74 Å². The summed E-state index contributed by atoms with van der Waals surface area (Å²) in [6.07, 6.45) is 5.10. The maximum absolute atomic E-state index is 12.5. The molecule has 0 aliphatic heterocycles. The molecule has 0 aromatic heterocycles. The number of fused-ring (bicyclic) bond motifs is 1. The zero-order valence-corrected chi connectivity index (χ0v) is 14.1. The van der Waals surface area contributed by atoms with Crippen molar-refractivity contribution in [1.82, 2.24) is 0 Å². The average Bonchev–Trinajstić information content (AvgIpc) is 2.99. The Morgan fingerprint density at radius 2 is 1.91 bits per heavy atom. The van der Waals surface area contributed by atoms with E-state index in [1.165, 1.54) is 16.7 Å². The third kappa shape index (κ3) is 2.84. The molecule has 22 heavy (non-hydrogen) atoms. The summed E-state index contributed by atoms with van der Waals surface area (Å²) in [7, 11) is 0. The average molecular weight is 298 g/mol. The van der Waals surface area contributed by atoms with Gasteiger partial charge in [-0.2, -0.15) is 0 Å². The summed E-state index contributed by atoms with van der Waals surface area (Å²) < 4.78 is 5.85. The highest BCUT2D eigenvalue weighted by Crippen LogP contribution is 2.60. The summed E-state index contributed by atoms with van der Waals surface area (Å²) in [5, 5.41) is 0. The van der Waals surface area contributed by atoms with E-state index in [4.69, 9.17) is 4.74 Å². The van der Waals surface area contributed by atoms with E-state index in [-0.39, 0.29) is 23.4 Å². The van der Waals surface area contributed by atoms with Gasteiger partial charge in [-0.05, 0) is 49.1 Å². The van der Waals surface area contributed by atoms with Crippen molar-refractivity contribution in [2.75, 3.05) is 0 Å². The van der Waals surface area contributed by atoms with Crippen molar-refractivity contribution in [2.45, 2.75) is 53.1 Å². The van der Waals surface area contributed by atoms with E-state index in [1.54, 1.807) is 0 Å². The molecule has 0 saturated heterocycles.